The second-order valence-electron chi connectivity index (χ2n) is 5.98. The summed E-state index contributed by atoms with van der Waals surface area (Å²) < 4.78 is 10.7. The van der Waals surface area contributed by atoms with Gasteiger partial charge in [-0.25, -0.2) is 4.79 Å². The van der Waals surface area contributed by atoms with Gasteiger partial charge in [0.1, 0.15) is 5.92 Å². The second-order valence-corrected chi connectivity index (χ2v) is 5.98. The number of ether oxygens (including phenoxy) is 2. The zero-order valence-corrected chi connectivity index (χ0v) is 12.6. The lowest BCUT2D eigenvalue weighted by atomic mass is 9.95. The number of nitrogens with zero attached hydrogens (tertiary/aromatic N) is 1. The number of amides is 2. The van der Waals surface area contributed by atoms with Crippen molar-refractivity contribution in [3.63, 3.8) is 0 Å². The fraction of sp³-hybridized carbons (Fsp3) is 0.857. The molecule has 7 nitrogen and oxygen atoms in total. The molecule has 2 rings (SSSR count). The van der Waals surface area contributed by atoms with E-state index in [4.69, 9.17) is 9.47 Å². The van der Waals surface area contributed by atoms with Gasteiger partial charge in [-0.05, 0) is 26.7 Å². The fourth-order valence-electron chi connectivity index (χ4n) is 2.98. The van der Waals surface area contributed by atoms with Gasteiger partial charge in [0.2, 0.25) is 0 Å². The number of aliphatic carboxylic acids is 1. The summed E-state index contributed by atoms with van der Waals surface area (Å²) in [6.45, 7) is 5.88. The molecule has 3 unspecified atom stereocenters. The lowest BCUT2D eigenvalue weighted by Gasteiger charge is -2.38. The van der Waals surface area contributed by atoms with E-state index >= 15 is 0 Å². The van der Waals surface area contributed by atoms with Crippen molar-refractivity contribution in [3.8, 4) is 0 Å². The topological polar surface area (TPSA) is 88.1 Å². The van der Waals surface area contributed by atoms with Gasteiger partial charge in [0, 0.05) is 13.2 Å². The Morgan fingerprint density at radius 1 is 1.38 bits per heavy atom. The van der Waals surface area contributed by atoms with Crippen LogP contribution in [0.4, 0.5) is 4.79 Å². The molecule has 2 fully saturated rings. The van der Waals surface area contributed by atoms with E-state index in [0.717, 1.165) is 19.4 Å². The average molecular weight is 300 g/mol. The molecule has 0 bridgehead atoms. The summed E-state index contributed by atoms with van der Waals surface area (Å²) >= 11 is 0. The summed E-state index contributed by atoms with van der Waals surface area (Å²) in [5.74, 6) is -1.58. The van der Waals surface area contributed by atoms with Gasteiger partial charge in [0.25, 0.3) is 0 Å². The molecule has 0 aliphatic carbocycles. The molecule has 2 amide bonds. The number of hydrogen-bond donors (Lipinski definition) is 2. The van der Waals surface area contributed by atoms with E-state index < -0.39 is 17.9 Å². The number of rotatable bonds is 4. The van der Waals surface area contributed by atoms with Gasteiger partial charge in [-0.1, -0.05) is 0 Å². The first-order valence-electron chi connectivity index (χ1n) is 7.44. The van der Waals surface area contributed by atoms with E-state index in [1.165, 1.54) is 0 Å². The predicted molar refractivity (Wildman–Crippen MR) is 75.1 cm³/mol. The highest BCUT2D eigenvalue weighted by Crippen LogP contribution is 2.22. The summed E-state index contributed by atoms with van der Waals surface area (Å²) in [7, 11) is 0. The van der Waals surface area contributed by atoms with E-state index in [2.05, 4.69) is 5.32 Å². The SMILES string of the molecule is CCN(C(=O)NC1(C)CCCOC1)C1COCC1C(=O)O. The molecule has 7 heteroatoms. The molecule has 0 saturated carbocycles. The van der Waals surface area contributed by atoms with Crippen LogP contribution in [0, 0.1) is 5.92 Å². The Kier molecular flexibility index (Phi) is 5.05. The van der Waals surface area contributed by atoms with Gasteiger partial charge >= 0.3 is 12.0 Å². The van der Waals surface area contributed by atoms with Gasteiger partial charge < -0.3 is 24.8 Å². The van der Waals surface area contributed by atoms with Crippen molar-refractivity contribution in [2.45, 2.75) is 38.3 Å². The maximum atomic E-state index is 12.5. The third-order valence-electron chi connectivity index (χ3n) is 4.22. The molecule has 2 N–H and O–H groups in total. The standard InChI is InChI=1S/C14H24N2O5/c1-3-16(11-8-21-7-10(11)12(17)18)13(19)15-14(2)5-4-6-20-9-14/h10-11H,3-9H2,1-2H3,(H,15,19)(H,17,18). The molecule has 0 aromatic heterocycles. The van der Waals surface area contributed by atoms with Crippen molar-refractivity contribution in [2.24, 2.45) is 5.92 Å². The van der Waals surface area contributed by atoms with E-state index in [0.29, 0.717) is 13.2 Å². The summed E-state index contributed by atoms with van der Waals surface area (Å²) in [6.07, 6.45) is 1.77. The number of hydrogen-bond acceptors (Lipinski definition) is 4. The fourth-order valence-corrected chi connectivity index (χ4v) is 2.98. The van der Waals surface area contributed by atoms with Gasteiger partial charge in [-0.2, -0.15) is 0 Å². The smallest absolute Gasteiger partial charge is 0.318 e. The quantitative estimate of drug-likeness (QED) is 0.797. The normalized spacial score (nSPS) is 32.7. The first-order chi connectivity index (χ1) is 9.97. The maximum absolute atomic E-state index is 12.5. The van der Waals surface area contributed by atoms with Crippen LogP contribution in [-0.4, -0.2) is 66.6 Å². The highest BCUT2D eigenvalue weighted by Gasteiger charge is 2.41. The summed E-state index contributed by atoms with van der Waals surface area (Å²) in [5.41, 5.74) is -0.388. The molecule has 120 valence electrons. The molecule has 21 heavy (non-hydrogen) atoms. The lowest BCUT2D eigenvalue weighted by Crippen LogP contribution is -2.58. The third kappa shape index (κ3) is 3.65. The number of carbonyl (C=O) groups excluding carboxylic acids is 1. The van der Waals surface area contributed by atoms with Gasteiger partial charge in [-0.3, -0.25) is 4.79 Å². The Balaban J connectivity index is 2.02. The molecule has 0 radical (unpaired) electrons. The van der Waals surface area contributed by atoms with Crippen molar-refractivity contribution in [3.05, 3.63) is 0 Å². The number of carbonyl (C=O) groups is 2. The number of carboxylic acids is 1. The Morgan fingerprint density at radius 2 is 2.14 bits per heavy atom. The van der Waals surface area contributed by atoms with Crippen molar-refractivity contribution >= 4 is 12.0 Å². The molecular formula is C14H24N2O5. The van der Waals surface area contributed by atoms with Crippen LogP contribution in [0.1, 0.15) is 26.7 Å². The molecule has 2 heterocycles. The van der Waals surface area contributed by atoms with Crippen molar-refractivity contribution < 1.29 is 24.2 Å². The van der Waals surface area contributed by atoms with Crippen molar-refractivity contribution in [2.75, 3.05) is 33.0 Å². The molecule has 2 saturated heterocycles. The third-order valence-corrected chi connectivity index (χ3v) is 4.22. The molecule has 2 aliphatic rings. The zero-order valence-electron chi connectivity index (χ0n) is 12.6. The van der Waals surface area contributed by atoms with Crippen LogP contribution in [0.25, 0.3) is 0 Å². The van der Waals surface area contributed by atoms with Crippen LogP contribution in [0.5, 0.6) is 0 Å². The summed E-state index contributed by atoms with van der Waals surface area (Å²) in [4.78, 5) is 25.3. The predicted octanol–water partition coefficient (Wildman–Crippen LogP) is 0.687. The largest absolute Gasteiger partial charge is 0.481 e. The number of nitrogens with one attached hydrogen (secondary N) is 1. The van der Waals surface area contributed by atoms with Crippen LogP contribution < -0.4 is 5.32 Å². The van der Waals surface area contributed by atoms with Crippen LogP contribution >= 0.6 is 0 Å². The van der Waals surface area contributed by atoms with Gasteiger partial charge in [0.05, 0.1) is 31.4 Å². The Hall–Kier alpha value is -1.34. The zero-order chi connectivity index (χ0) is 15.5. The van der Waals surface area contributed by atoms with Crippen molar-refractivity contribution in [1.82, 2.24) is 10.2 Å². The van der Waals surface area contributed by atoms with Crippen molar-refractivity contribution in [1.29, 1.82) is 0 Å². The second kappa shape index (κ2) is 6.62. The lowest BCUT2D eigenvalue weighted by molar-refractivity contribution is -0.142. The van der Waals surface area contributed by atoms with E-state index in [9.17, 15) is 14.7 Å². The minimum absolute atomic E-state index is 0.157. The van der Waals surface area contributed by atoms with Crippen LogP contribution in [0.3, 0.4) is 0 Å². The Morgan fingerprint density at radius 3 is 2.71 bits per heavy atom. The molecule has 0 aromatic carbocycles. The number of likely N-dealkylation sites (N-methyl/N-ethyl adjacent to an activating group) is 1. The van der Waals surface area contributed by atoms with Gasteiger partial charge in [-0.15, -0.1) is 0 Å². The number of urea groups is 1. The maximum Gasteiger partial charge on any atom is 0.318 e. The van der Waals surface area contributed by atoms with Crippen LogP contribution in [-0.2, 0) is 14.3 Å². The van der Waals surface area contributed by atoms with Crippen LogP contribution in [0.2, 0.25) is 0 Å². The molecule has 0 aromatic rings. The molecule has 3 atom stereocenters. The first kappa shape index (κ1) is 16.0. The highest BCUT2D eigenvalue weighted by molar-refractivity contribution is 5.78. The molecule has 0 spiro atoms. The Bertz CT molecular complexity index is 395. The van der Waals surface area contributed by atoms with Gasteiger partial charge in [0.15, 0.2) is 0 Å². The monoisotopic (exact) mass is 300 g/mol. The van der Waals surface area contributed by atoms with Crippen LogP contribution in [0.15, 0.2) is 0 Å². The molecule has 2 aliphatic heterocycles. The van der Waals surface area contributed by atoms with E-state index in [1.807, 2.05) is 13.8 Å². The first-order valence-corrected chi connectivity index (χ1v) is 7.44. The minimum atomic E-state index is -0.920. The van der Waals surface area contributed by atoms with E-state index in [-0.39, 0.29) is 24.8 Å². The minimum Gasteiger partial charge on any atom is -0.481 e. The molecular weight excluding hydrogens is 276 g/mol. The number of carboxylic acid groups (broad SMARTS) is 1. The summed E-state index contributed by atoms with van der Waals surface area (Å²) in [5, 5.41) is 12.2. The Labute approximate surface area is 124 Å². The van der Waals surface area contributed by atoms with E-state index in [1.54, 1.807) is 4.90 Å². The highest BCUT2D eigenvalue weighted by atomic mass is 16.5. The summed E-state index contributed by atoms with van der Waals surface area (Å²) in [6, 6.07) is -0.659. The average Bonchev–Trinajstić information content (AvgIpc) is 2.89.